The number of hydrogen-bond donors (Lipinski definition) is 2. The molecule has 3 heteroatoms. The molecule has 1 aliphatic rings. The summed E-state index contributed by atoms with van der Waals surface area (Å²) in [5, 5.41) is 12.8. The molecule has 18 heavy (non-hydrogen) atoms. The minimum absolute atomic E-state index is 0.258. The summed E-state index contributed by atoms with van der Waals surface area (Å²) in [7, 11) is 0. The molecule has 2 rings (SSSR count). The third kappa shape index (κ3) is 3.64. The molecule has 1 unspecified atom stereocenters. The van der Waals surface area contributed by atoms with Crippen molar-refractivity contribution in [2.24, 2.45) is 0 Å². The maximum absolute atomic E-state index is 9.51. The van der Waals surface area contributed by atoms with E-state index >= 15 is 0 Å². The van der Waals surface area contributed by atoms with Crippen molar-refractivity contribution in [3.05, 3.63) is 24.3 Å². The van der Waals surface area contributed by atoms with Gasteiger partial charge in [-0.1, -0.05) is 6.92 Å². The zero-order valence-corrected chi connectivity index (χ0v) is 11.2. The van der Waals surface area contributed by atoms with Crippen LogP contribution in [0.1, 0.15) is 32.6 Å². The summed E-state index contributed by atoms with van der Waals surface area (Å²) in [6.07, 6.45) is 4.52. The van der Waals surface area contributed by atoms with E-state index in [-0.39, 0.29) is 6.10 Å². The highest BCUT2D eigenvalue weighted by Crippen LogP contribution is 2.21. The quantitative estimate of drug-likeness (QED) is 0.841. The third-order valence-electron chi connectivity index (χ3n) is 3.60. The fraction of sp³-hybridized carbons (Fsp3) is 0.600. The average Bonchev–Trinajstić information content (AvgIpc) is 2.46. The smallest absolute Gasteiger partial charge is 0.0709 e. The highest BCUT2D eigenvalue weighted by atomic mass is 16.3. The molecule has 100 valence electrons. The monoisotopic (exact) mass is 248 g/mol. The Morgan fingerprint density at radius 1 is 1.17 bits per heavy atom. The first-order chi connectivity index (χ1) is 8.79. The number of nitrogens with zero attached hydrogens (tertiary/aromatic N) is 1. The van der Waals surface area contributed by atoms with E-state index in [1.165, 1.54) is 38.0 Å². The van der Waals surface area contributed by atoms with Crippen molar-refractivity contribution in [1.29, 1.82) is 0 Å². The van der Waals surface area contributed by atoms with Crippen LogP contribution in [0.25, 0.3) is 0 Å². The molecule has 1 aromatic carbocycles. The van der Waals surface area contributed by atoms with Gasteiger partial charge in [0.25, 0.3) is 0 Å². The van der Waals surface area contributed by atoms with Crippen molar-refractivity contribution in [1.82, 2.24) is 0 Å². The summed E-state index contributed by atoms with van der Waals surface area (Å²) in [6, 6.07) is 8.55. The Bertz CT molecular complexity index is 344. The number of hydrogen-bond acceptors (Lipinski definition) is 3. The van der Waals surface area contributed by atoms with Crippen molar-refractivity contribution in [3.8, 4) is 0 Å². The molecule has 0 aliphatic carbocycles. The highest BCUT2D eigenvalue weighted by molar-refractivity contribution is 5.55. The van der Waals surface area contributed by atoms with E-state index in [4.69, 9.17) is 0 Å². The lowest BCUT2D eigenvalue weighted by molar-refractivity contribution is 0.183. The van der Waals surface area contributed by atoms with Crippen LogP contribution in [0.2, 0.25) is 0 Å². The van der Waals surface area contributed by atoms with Crippen molar-refractivity contribution >= 4 is 11.4 Å². The molecule has 1 aromatic rings. The van der Waals surface area contributed by atoms with Crippen LogP contribution in [0, 0.1) is 0 Å². The van der Waals surface area contributed by atoms with Crippen LogP contribution < -0.4 is 10.2 Å². The van der Waals surface area contributed by atoms with Gasteiger partial charge in [0.15, 0.2) is 0 Å². The fourth-order valence-electron chi connectivity index (χ4n) is 2.32. The zero-order valence-electron chi connectivity index (χ0n) is 11.2. The van der Waals surface area contributed by atoms with Gasteiger partial charge in [-0.25, -0.2) is 0 Å². The molecular weight excluding hydrogens is 224 g/mol. The molecule has 1 atom stereocenters. The Morgan fingerprint density at radius 3 is 2.44 bits per heavy atom. The van der Waals surface area contributed by atoms with E-state index in [1.54, 1.807) is 0 Å². The topological polar surface area (TPSA) is 35.5 Å². The van der Waals surface area contributed by atoms with Gasteiger partial charge in [0.2, 0.25) is 0 Å². The standard InChI is InChI=1S/C15H24N2O/c1-2-15(18)12-16-13-6-8-14(9-7-13)17-10-4-3-5-11-17/h6-9,15-16,18H,2-5,10-12H2,1H3. The number of aliphatic hydroxyl groups is 1. The largest absolute Gasteiger partial charge is 0.391 e. The molecule has 1 fully saturated rings. The van der Waals surface area contributed by atoms with Crippen LogP contribution in [-0.4, -0.2) is 30.8 Å². The maximum Gasteiger partial charge on any atom is 0.0709 e. The fourth-order valence-corrected chi connectivity index (χ4v) is 2.32. The predicted molar refractivity (Wildman–Crippen MR) is 77.3 cm³/mol. The van der Waals surface area contributed by atoms with Gasteiger partial charge in [0.05, 0.1) is 6.10 Å². The second-order valence-corrected chi connectivity index (χ2v) is 5.04. The molecular formula is C15H24N2O. The Morgan fingerprint density at radius 2 is 1.83 bits per heavy atom. The number of nitrogens with one attached hydrogen (secondary N) is 1. The van der Waals surface area contributed by atoms with Crippen LogP contribution in [0.5, 0.6) is 0 Å². The van der Waals surface area contributed by atoms with E-state index in [0.717, 1.165) is 12.1 Å². The molecule has 1 saturated heterocycles. The first kappa shape index (κ1) is 13.2. The van der Waals surface area contributed by atoms with Gasteiger partial charge >= 0.3 is 0 Å². The molecule has 0 amide bonds. The summed E-state index contributed by atoms with van der Waals surface area (Å²) in [6.45, 7) is 4.98. The van der Waals surface area contributed by atoms with Crippen molar-refractivity contribution in [2.45, 2.75) is 38.7 Å². The molecule has 0 radical (unpaired) electrons. The molecule has 1 aliphatic heterocycles. The predicted octanol–water partition coefficient (Wildman–Crippen LogP) is 2.86. The van der Waals surface area contributed by atoms with Crippen LogP contribution in [-0.2, 0) is 0 Å². The first-order valence-electron chi connectivity index (χ1n) is 7.06. The van der Waals surface area contributed by atoms with Gasteiger partial charge in [-0.15, -0.1) is 0 Å². The molecule has 1 heterocycles. The van der Waals surface area contributed by atoms with E-state index in [1.807, 2.05) is 6.92 Å². The molecule has 0 spiro atoms. The Hall–Kier alpha value is -1.22. The van der Waals surface area contributed by atoms with Gasteiger partial charge in [-0.3, -0.25) is 0 Å². The zero-order chi connectivity index (χ0) is 12.8. The Labute approximate surface area is 110 Å². The van der Waals surface area contributed by atoms with Gasteiger partial charge < -0.3 is 15.3 Å². The van der Waals surface area contributed by atoms with Crippen LogP contribution in [0.3, 0.4) is 0 Å². The SMILES string of the molecule is CCC(O)CNc1ccc(N2CCCCC2)cc1. The molecule has 2 N–H and O–H groups in total. The number of benzene rings is 1. The Balaban J connectivity index is 1.88. The summed E-state index contributed by atoms with van der Waals surface area (Å²) < 4.78 is 0. The van der Waals surface area contributed by atoms with Gasteiger partial charge in [-0.05, 0) is 49.9 Å². The average molecular weight is 248 g/mol. The Kier molecular flexibility index (Phi) is 4.88. The molecule has 0 saturated carbocycles. The minimum Gasteiger partial charge on any atom is -0.391 e. The van der Waals surface area contributed by atoms with Crippen LogP contribution >= 0.6 is 0 Å². The number of piperidine rings is 1. The van der Waals surface area contributed by atoms with Crippen molar-refractivity contribution in [3.63, 3.8) is 0 Å². The van der Waals surface area contributed by atoms with E-state index in [2.05, 4.69) is 34.5 Å². The van der Waals surface area contributed by atoms with Crippen molar-refractivity contribution < 1.29 is 5.11 Å². The van der Waals surface area contributed by atoms with Gasteiger partial charge in [0, 0.05) is 31.0 Å². The van der Waals surface area contributed by atoms with Gasteiger partial charge in [0.1, 0.15) is 0 Å². The van der Waals surface area contributed by atoms with Crippen LogP contribution in [0.15, 0.2) is 24.3 Å². The molecule has 3 nitrogen and oxygen atoms in total. The minimum atomic E-state index is -0.258. The normalized spacial score (nSPS) is 17.6. The van der Waals surface area contributed by atoms with E-state index in [0.29, 0.717) is 6.54 Å². The summed E-state index contributed by atoms with van der Waals surface area (Å²) >= 11 is 0. The lowest BCUT2D eigenvalue weighted by Gasteiger charge is -2.28. The number of anilines is 2. The lowest BCUT2D eigenvalue weighted by Crippen LogP contribution is -2.29. The van der Waals surface area contributed by atoms with E-state index in [9.17, 15) is 5.11 Å². The number of rotatable bonds is 5. The molecule has 0 aromatic heterocycles. The summed E-state index contributed by atoms with van der Waals surface area (Å²) in [5.41, 5.74) is 2.40. The first-order valence-corrected chi connectivity index (χ1v) is 7.06. The second-order valence-electron chi connectivity index (χ2n) is 5.04. The van der Waals surface area contributed by atoms with Crippen LogP contribution in [0.4, 0.5) is 11.4 Å². The third-order valence-corrected chi connectivity index (χ3v) is 3.60. The summed E-state index contributed by atoms with van der Waals surface area (Å²) in [5.74, 6) is 0. The van der Waals surface area contributed by atoms with Crippen molar-refractivity contribution in [2.75, 3.05) is 29.9 Å². The second kappa shape index (κ2) is 6.64. The summed E-state index contributed by atoms with van der Waals surface area (Å²) in [4.78, 5) is 2.45. The highest BCUT2D eigenvalue weighted by Gasteiger charge is 2.10. The van der Waals surface area contributed by atoms with E-state index < -0.39 is 0 Å². The van der Waals surface area contributed by atoms with Gasteiger partial charge in [-0.2, -0.15) is 0 Å². The lowest BCUT2D eigenvalue weighted by atomic mass is 10.1. The molecule has 0 bridgehead atoms. The number of aliphatic hydroxyl groups excluding tert-OH is 1. The maximum atomic E-state index is 9.51.